The fraction of sp³-hybridized carbons (Fsp3) is 0.235. The summed E-state index contributed by atoms with van der Waals surface area (Å²) in [5.41, 5.74) is 3.10. The number of nitrogens with one attached hydrogen (secondary N) is 2. The monoisotopic (exact) mass is 297 g/mol. The van der Waals surface area contributed by atoms with E-state index in [1.807, 2.05) is 24.3 Å². The molecule has 2 amide bonds. The molecule has 0 unspecified atom stereocenters. The van der Waals surface area contributed by atoms with Gasteiger partial charge in [0.2, 0.25) is 0 Å². The van der Waals surface area contributed by atoms with Crippen LogP contribution in [0, 0.1) is 0 Å². The molecule has 2 aromatic rings. The van der Waals surface area contributed by atoms with Crippen molar-refractivity contribution in [1.29, 1.82) is 0 Å². The summed E-state index contributed by atoms with van der Waals surface area (Å²) in [6.45, 7) is 2.73. The van der Waals surface area contributed by atoms with Crippen molar-refractivity contribution < 1.29 is 9.59 Å². The Balaban J connectivity index is 1.77. The third kappa shape index (κ3) is 4.70. The number of pyridine rings is 1. The Bertz CT molecular complexity index is 624. The summed E-state index contributed by atoms with van der Waals surface area (Å²) in [5.74, 6) is -1.27. The second kappa shape index (κ2) is 7.93. The molecule has 0 aliphatic carbocycles. The van der Waals surface area contributed by atoms with Gasteiger partial charge in [0.25, 0.3) is 0 Å². The lowest BCUT2D eigenvalue weighted by Gasteiger charge is -2.07. The summed E-state index contributed by atoms with van der Waals surface area (Å²) >= 11 is 0. The summed E-state index contributed by atoms with van der Waals surface area (Å²) in [7, 11) is 0. The predicted molar refractivity (Wildman–Crippen MR) is 83.8 cm³/mol. The lowest BCUT2D eigenvalue weighted by Crippen LogP contribution is -2.39. The number of benzene rings is 1. The van der Waals surface area contributed by atoms with Gasteiger partial charge in [0.1, 0.15) is 0 Å². The van der Waals surface area contributed by atoms with E-state index in [2.05, 4.69) is 22.5 Å². The molecule has 0 spiro atoms. The maximum absolute atomic E-state index is 11.7. The smallest absolute Gasteiger partial charge is 0.309 e. The Morgan fingerprint density at radius 3 is 1.77 bits per heavy atom. The van der Waals surface area contributed by atoms with E-state index in [0.717, 1.165) is 17.5 Å². The molecule has 5 nitrogen and oxygen atoms in total. The van der Waals surface area contributed by atoms with Crippen LogP contribution in [0.1, 0.15) is 23.6 Å². The molecule has 0 fully saturated rings. The van der Waals surface area contributed by atoms with Gasteiger partial charge in [0, 0.05) is 25.5 Å². The van der Waals surface area contributed by atoms with Crippen LogP contribution < -0.4 is 10.6 Å². The first-order chi connectivity index (χ1) is 10.7. The number of rotatable bonds is 5. The van der Waals surface area contributed by atoms with Crippen molar-refractivity contribution in [2.24, 2.45) is 0 Å². The first-order valence-corrected chi connectivity index (χ1v) is 7.21. The molecule has 1 heterocycles. The number of hydrogen-bond acceptors (Lipinski definition) is 3. The molecule has 22 heavy (non-hydrogen) atoms. The first-order valence-electron chi connectivity index (χ1n) is 7.21. The molecule has 1 aromatic carbocycles. The molecule has 0 bridgehead atoms. The van der Waals surface area contributed by atoms with Crippen molar-refractivity contribution in [3.8, 4) is 0 Å². The van der Waals surface area contributed by atoms with Crippen LogP contribution in [0.3, 0.4) is 0 Å². The Morgan fingerprint density at radius 1 is 0.818 bits per heavy atom. The molecule has 2 rings (SSSR count). The summed E-state index contributed by atoms with van der Waals surface area (Å²) in [6.07, 6.45) is 4.26. The summed E-state index contributed by atoms with van der Waals surface area (Å²) < 4.78 is 0. The van der Waals surface area contributed by atoms with Gasteiger partial charge < -0.3 is 10.6 Å². The summed E-state index contributed by atoms with van der Waals surface area (Å²) in [4.78, 5) is 27.3. The highest BCUT2D eigenvalue weighted by molar-refractivity contribution is 6.35. The summed E-state index contributed by atoms with van der Waals surface area (Å²) in [6, 6.07) is 11.5. The van der Waals surface area contributed by atoms with E-state index in [9.17, 15) is 9.59 Å². The van der Waals surface area contributed by atoms with E-state index in [1.165, 1.54) is 5.56 Å². The Morgan fingerprint density at radius 2 is 1.27 bits per heavy atom. The second-order valence-corrected chi connectivity index (χ2v) is 4.89. The summed E-state index contributed by atoms with van der Waals surface area (Å²) in [5, 5.41) is 5.18. The zero-order chi connectivity index (χ0) is 15.8. The molecule has 0 aliphatic rings. The highest BCUT2D eigenvalue weighted by Crippen LogP contribution is 2.04. The predicted octanol–water partition coefficient (Wildman–Crippen LogP) is 1.58. The Hall–Kier alpha value is -2.69. The minimum atomic E-state index is -0.637. The lowest BCUT2D eigenvalue weighted by molar-refractivity contribution is -0.139. The second-order valence-electron chi connectivity index (χ2n) is 4.89. The maximum atomic E-state index is 11.7. The van der Waals surface area contributed by atoms with Gasteiger partial charge in [-0.25, -0.2) is 0 Å². The quantitative estimate of drug-likeness (QED) is 0.823. The van der Waals surface area contributed by atoms with Crippen LogP contribution in [-0.2, 0) is 29.1 Å². The average Bonchev–Trinajstić information content (AvgIpc) is 2.58. The number of aryl methyl sites for hydroxylation is 1. The number of aromatic nitrogens is 1. The minimum absolute atomic E-state index is 0.306. The van der Waals surface area contributed by atoms with Gasteiger partial charge in [-0.3, -0.25) is 14.6 Å². The number of nitrogens with zero attached hydrogens (tertiary/aromatic N) is 1. The van der Waals surface area contributed by atoms with Crippen LogP contribution in [0.2, 0.25) is 0 Å². The SMILES string of the molecule is CCc1ccc(CNC(=O)C(=O)NCc2ccncc2)cc1. The molecule has 0 aliphatic heterocycles. The van der Waals surface area contributed by atoms with Crippen molar-refractivity contribution in [3.05, 3.63) is 65.5 Å². The van der Waals surface area contributed by atoms with Crippen LogP contribution in [0.15, 0.2) is 48.8 Å². The molecule has 0 radical (unpaired) electrons. The zero-order valence-electron chi connectivity index (χ0n) is 12.5. The number of amides is 2. The van der Waals surface area contributed by atoms with Gasteiger partial charge in [-0.2, -0.15) is 0 Å². The fourth-order valence-corrected chi connectivity index (χ4v) is 1.92. The Labute approximate surface area is 129 Å². The number of carbonyl (C=O) groups excluding carboxylic acids is 2. The molecule has 0 saturated heterocycles. The van der Waals surface area contributed by atoms with E-state index >= 15 is 0 Å². The van der Waals surface area contributed by atoms with E-state index in [1.54, 1.807) is 24.5 Å². The highest BCUT2D eigenvalue weighted by Gasteiger charge is 2.12. The van der Waals surface area contributed by atoms with Gasteiger partial charge in [-0.15, -0.1) is 0 Å². The number of hydrogen-bond donors (Lipinski definition) is 2. The van der Waals surface area contributed by atoms with Crippen LogP contribution in [0.5, 0.6) is 0 Å². The van der Waals surface area contributed by atoms with Gasteiger partial charge >= 0.3 is 11.8 Å². The van der Waals surface area contributed by atoms with E-state index in [4.69, 9.17) is 0 Å². The minimum Gasteiger partial charge on any atom is -0.344 e. The molecule has 1 aromatic heterocycles. The van der Waals surface area contributed by atoms with Gasteiger partial charge in [-0.05, 0) is 35.2 Å². The normalized spacial score (nSPS) is 10.0. The molecule has 2 N–H and O–H groups in total. The van der Waals surface area contributed by atoms with E-state index in [0.29, 0.717) is 13.1 Å². The van der Waals surface area contributed by atoms with Gasteiger partial charge in [-0.1, -0.05) is 31.2 Å². The van der Waals surface area contributed by atoms with Crippen LogP contribution in [0.25, 0.3) is 0 Å². The molecular formula is C17H19N3O2. The van der Waals surface area contributed by atoms with Gasteiger partial charge in [0.15, 0.2) is 0 Å². The maximum Gasteiger partial charge on any atom is 0.309 e. The van der Waals surface area contributed by atoms with Crippen LogP contribution in [0.4, 0.5) is 0 Å². The third-order valence-electron chi connectivity index (χ3n) is 3.29. The zero-order valence-corrected chi connectivity index (χ0v) is 12.5. The van der Waals surface area contributed by atoms with Crippen molar-refractivity contribution in [2.75, 3.05) is 0 Å². The topological polar surface area (TPSA) is 71.1 Å². The van der Waals surface area contributed by atoms with E-state index in [-0.39, 0.29) is 0 Å². The number of carbonyl (C=O) groups is 2. The molecular weight excluding hydrogens is 278 g/mol. The molecule has 0 atom stereocenters. The average molecular weight is 297 g/mol. The van der Waals surface area contributed by atoms with Crippen LogP contribution in [-0.4, -0.2) is 16.8 Å². The standard InChI is InChI=1S/C17H19N3O2/c1-2-13-3-5-14(6-4-13)11-19-16(21)17(22)20-12-15-7-9-18-10-8-15/h3-10H,2,11-12H2,1H3,(H,19,21)(H,20,22). The Kier molecular flexibility index (Phi) is 5.65. The highest BCUT2D eigenvalue weighted by atomic mass is 16.2. The lowest BCUT2D eigenvalue weighted by atomic mass is 10.1. The molecule has 0 saturated carbocycles. The first kappa shape index (κ1) is 15.7. The van der Waals surface area contributed by atoms with E-state index < -0.39 is 11.8 Å². The largest absolute Gasteiger partial charge is 0.344 e. The van der Waals surface area contributed by atoms with Crippen molar-refractivity contribution in [3.63, 3.8) is 0 Å². The fourth-order valence-electron chi connectivity index (χ4n) is 1.92. The molecule has 5 heteroatoms. The molecule has 114 valence electrons. The van der Waals surface area contributed by atoms with Crippen molar-refractivity contribution in [1.82, 2.24) is 15.6 Å². The van der Waals surface area contributed by atoms with Crippen molar-refractivity contribution >= 4 is 11.8 Å². The third-order valence-corrected chi connectivity index (χ3v) is 3.29. The van der Waals surface area contributed by atoms with Crippen molar-refractivity contribution in [2.45, 2.75) is 26.4 Å². The van der Waals surface area contributed by atoms with Crippen LogP contribution >= 0.6 is 0 Å². The van der Waals surface area contributed by atoms with Gasteiger partial charge in [0.05, 0.1) is 0 Å².